The van der Waals surface area contributed by atoms with Gasteiger partial charge in [-0.05, 0) is 47.3 Å². The van der Waals surface area contributed by atoms with Crippen LogP contribution < -0.4 is 23.5 Å². The van der Waals surface area contributed by atoms with E-state index in [1.807, 2.05) is 68.7 Å². The van der Waals surface area contributed by atoms with Crippen molar-refractivity contribution in [1.82, 2.24) is 4.98 Å². The zero-order valence-electron chi connectivity index (χ0n) is 24.7. The average molecular weight is 568 g/mol. The molecule has 0 bridgehead atoms. The first-order valence-corrected chi connectivity index (χ1v) is 13.5. The van der Waals surface area contributed by atoms with Crippen LogP contribution in [0.25, 0.3) is 44.4 Å². The number of hydrogen-bond acceptors (Lipinski definition) is 7. The number of aliphatic hydroxyl groups excluding tert-OH is 2. The number of aryl methyl sites for hydroxylation is 1. The summed E-state index contributed by atoms with van der Waals surface area (Å²) in [5.74, 6) is 2.53. The van der Waals surface area contributed by atoms with Crippen LogP contribution in [0.5, 0.6) is 23.0 Å². The Morgan fingerprint density at radius 2 is 1.55 bits per heavy atom. The predicted octanol–water partition coefficient (Wildman–Crippen LogP) is 5.39. The van der Waals surface area contributed by atoms with Gasteiger partial charge in [-0.2, -0.15) is 4.57 Å². The molecule has 42 heavy (non-hydrogen) atoms. The lowest BCUT2D eigenvalue weighted by atomic mass is 9.95. The van der Waals surface area contributed by atoms with Gasteiger partial charge in [-0.15, -0.1) is 0 Å². The molecule has 8 heteroatoms. The molecule has 0 aliphatic carbocycles. The van der Waals surface area contributed by atoms with E-state index in [4.69, 9.17) is 23.9 Å². The molecule has 2 N–H and O–H groups in total. The lowest BCUT2D eigenvalue weighted by Gasteiger charge is -2.17. The fraction of sp³-hybridized carbons (Fsp3) is 0.235. The summed E-state index contributed by atoms with van der Waals surface area (Å²) in [5.41, 5.74) is 7.46. The number of methoxy groups -OCH3 is 4. The number of pyridine rings is 2. The van der Waals surface area contributed by atoms with Crippen molar-refractivity contribution in [3.63, 3.8) is 0 Å². The highest BCUT2D eigenvalue weighted by atomic mass is 16.5. The summed E-state index contributed by atoms with van der Waals surface area (Å²) in [7, 11) is 8.46. The highest BCUT2D eigenvalue weighted by Crippen LogP contribution is 2.43. The van der Waals surface area contributed by atoms with E-state index in [0.717, 1.165) is 55.9 Å². The van der Waals surface area contributed by atoms with Crippen LogP contribution in [0.15, 0.2) is 66.9 Å². The maximum Gasteiger partial charge on any atom is 0.213 e. The maximum absolute atomic E-state index is 10.0. The Labute approximate surface area is 245 Å². The molecule has 0 amide bonds. The number of ether oxygens (including phenoxy) is 4. The van der Waals surface area contributed by atoms with Crippen molar-refractivity contribution in [2.75, 3.05) is 28.4 Å². The van der Waals surface area contributed by atoms with E-state index in [1.165, 1.54) is 0 Å². The summed E-state index contributed by atoms with van der Waals surface area (Å²) in [4.78, 5) is 4.75. The van der Waals surface area contributed by atoms with Crippen LogP contribution in [0, 0.1) is 6.92 Å². The Morgan fingerprint density at radius 1 is 0.762 bits per heavy atom. The molecule has 0 atom stereocenters. The van der Waals surface area contributed by atoms with Crippen LogP contribution in [0.1, 0.15) is 16.8 Å². The first-order valence-electron chi connectivity index (χ1n) is 13.5. The fourth-order valence-corrected chi connectivity index (χ4v) is 5.50. The molecule has 0 fully saturated rings. The molecule has 0 aliphatic rings. The summed E-state index contributed by atoms with van der Waals surface area (Å²) in [6, 6.07) is 19.8. The van der Waals surface area contributed by atoms with Crippen molar-refractivity contribution >= 4 is 10.8 Å². The molecule has 8 nitrogen and oxygen atoms in total. The summed E-state index contributed by atoms with van der Waals surface area (Å²) in [5, 5.41) is 21.8. The lowest BCUT2D eigenvalue weighted by Crippen LogP contribution is -2.35. The molecule has 0 radical (unpaired) electrons. The van der Waals surface area contributed by atoms with Gasteiger partial charge in [0.05, 0.1) is 58.3 Å². The minimum absolute atomic E-state index is 0.211. The van der Waals surface area contributed by atoms with Gasteiger partial charge in [-0.1, -0.05) is 18.2 Å². The number of aliphatic hydroxyl groups is 2. The van der Waals surface area contributed by atoms with Crippen molar-refractivity contribution in [2.45, 2.75) is 20.1 Å². The average Bonchev–Trinajstić information content (AvgIpc) is 3.04. The zero-order valence-corrected chi connectivity index (χ0v) is 24.7. The second-order valence-corrected chi connectivity index (χ2v) is 9.93. The van der Waals surface area contributed by atoms with Gasteiger partial charge in [-0.25, -0.2) is 0 Å². The van der Waals surface area contributed by atoms with Crippen molar-refractivity contribution < 1.29 is 33.7 Å². The van der Waals surface area contributed by atoms with E-state index in [-0.39, 0.29) is 13.2 Å². The monoisotopic (exact) mass is 567 g/mol. The topological polar surface area (TPSA) is 94.2 Å². The third kappa shape index (κ3) is 5.00. The molecular weight excluding hydrogens is 532 g/mol. The summed E-state index contributed by atoms with van der Waals surface area (Å²) >= 11 is 0. The van der Waals surface area contributed by atoms with E-state index in [1.54, 1.807) is 28.4 Å². The molecule has 216 valence electrons. The molecule has 0 saturated heterocycles. The molecule has 0 aliphatic heterocycles. The molecule has 5 rings (SSSR count). The van der Waals surface area contributed by atoms with Crippen molar-refractivity contribution in [2.24, 2.45) is 7.05 Å². The van der Waals surface area contributed by atoms with E-state index in [0.29, 0.717) is 28.4 Å². The molecule has 2 heterocycles. The van der Waals surface area contributed by atoms with Crippen molar-refractivity contribution in [3.8, 4) is 56.6 Å². The zero-order chi connectivity index (χ0) is 30.0. The number of benzene rings is 3. The Kier molecular flexibility index (Phi) is 8.29. The van der Waals surface area contributed by atoms with Gasteiger partial charge in [0.15, 0.2) is 17.2 Å². The quantitative estimate of drug-likeness (QED) is 0.231. The molecule has 0 spiro atoms. The fourth-order valence-electron chi connectivity index (χ4n) is 5.50. The van der Waals surface area contributed by atoms with Crippen molar-refractivity contribution in [3.05, 3.63) is 83.7 Å². The first-order chi connectivity index (χ1) is 20.4. The van der Waals surface area contributed by atoms with E-state index < -0.39 is 0 Å². The van der Waals surface area contributed by atoms with Crippen LogP contribution in [0.3, 0.4) is 0 Å². The van der Waals surface area contributed by atoms with Crippen LogP contribution in [-0.4, -0.2) is 43.6 Å². The van der Waals surface area contributed by atoms with Gasteiger partial charge in [0, 0.05) is 41.4 Å². The van der Waals surface area contributed by atoms with E-state index >= 15 is 0 Å². The highest BCUT2D eigenvalue weighted by Gasteiger charge is 2.25. The number of rotatable bonds is 9. The minimum Gasteiger partial charge on any atom is -0.497 e. The van der Waals surface area contributed by atoms with Crippen LogP contribution in [-0.2, 0) is 20.3 Å². The number of aromatic nitrogens is 2. The van der Waals surface area contributed by atoms with Crippen LogP contribution in [0.2, 0.25) is 0 Å². The predicted molar refractivity (Wildman–Crippen MR) is 162 cm³/mol. The second kappa shape index (κ2) is 12.1. The highest BCUT2D eigenvalue weighted by molar-refractivity contribution is 5.94. The number of nitrogens with zero attached hydrogens (tertiary/aromatic N) is 2. The smallest absolute Gasteiger partial charge is 0.213 e. The minimum atomic E-state index is -0.233. The number of fused-ring (bicyclic) bond motifs is 1. The molecule has 2 aromatic heterocycles. The molecular formula is C34H35N2O6+. The SMILES string of the molecule is COc1cccc(-c2ccc(-c3cc(-c4cc5cc(CO)c(CO)c(OC)c5c(C)[n+]4C)cc(OC)c3OC)cn2)c1. The van der Waals surface area contributed by atoms with E-state index in [2.05, 4.69) is 16.7 Å². The molecule has 0 unspecified atom stereocenters. The largest absolute Gasteiger partial charge is 0.497 e. The lowest BCUT2D eigenvalue weighted by molar-refractivity contribution is -0.665. The van der Waals surface area contributed by atoms with Gasteiger partial charge in [0.25, 0.3) is 0 Å². The summed E-state index contributed by atoms with van der Waals surface area (Å²) in [6.07, 6.45) is 1.83. The molecule has 3 aromatic carbocycles. The van der Waals surface area contributed by atoms with Gasteiger partial charge >= 0.3 is 0 Å². The maximum atomic E-state index is 10.0. The molecule has 0 saturated carbocycles. The third-order valence-corrected chi connectivity index (χ3v) is 7.77. The normalized spacial score (nSPS) is 11.0. The van der Waals surface area contributed by atoms with Crippen LogP contribution >= 0.6 is 0 Å². The Bertz CT molecular complexity index is 1770. The first kappa shape index (κ1) is 28.9. The third-order valence-electron chi connectivity index (χ3n) is 7.77. The Hall–Kier alpha value is -4.66. The standard InChI is InChI=1S/C34H35N2O6/c1-20-32-24(12-25(18-37)28(19-38)34(32)42-6)15-30(36(20)2)23-14-27(33(41-5)31(16-23)40-4)22-10-11-29(35-17-22)21-8-7-9-26(13-21)39-3/h7-17,37-38H,18-19H2,1-6H3/q+1. The van der Waals surface area contributed by atoms with Gasteiger partial charge < -0.3 is 29.2 Å². The second-order valence-electron chi connectivity index (χ2n) is 9.93. The van der Waals surface area contributed by atoms with Gasteiger partial charge in [-0.3, -0.25) is 4.98 Å². The summed E-state index contributed by atoms with van der Waals surface area (Å²) < 4.78 is 24.8. The van der Waals surface area contributed by atoms with E-state index in [9.17, 15) is 10.2 Å². The van der Waals surface area contributed by atoms with Crippen molar-refractivity contribution in [1.29, 1.82) is 0 Å². The van der Waals surface area contributed by atoms with Gasteiger partial charge in [0.2, 0.25) is 5.69 Å². The van der Waals surface area contributed by atoms with Crippen LogP contribution in [0.4, 0.5) is 0 Å². The Morgan fingerprint density at radius 3 is 2.17 bits per heavy atom. The number of hydrogen-bond donors (Lipinski definition) is 2. The molecule has 5 aromatic rings. The van der Waals surface area contributed by atoms with Gasteiger partial charge in [0.1, 0.15) is 18.5 Å². The summed E-state index contributed by atoms with van der Waals surface area (Å²) in [6.45, 7) is 1.57. The Balaban J connectivity index is 1.69.